The second-order valence-electron chi connectivity index (χ2n) is 9.63. The third-order valence-electron chi connectivity index (χ3n) is 6.56. The van der Waals surface area contributed by atoms with E-state index < -0.39 is 53.7 Å². The van der Waals surface area contributed by atoms with Gasteiger partial charge < -0.3 is 49.8 Å². The number of aromatic hydroxyl groups is 3. The van der Waals surface area contributed by atoms with Gasteiger partial charge in [-0.25, -0.2) is 5.48 Å². The van der Waals surface area contributed by atoms with Gasteiger partial charge in [-0.1, -0.05) is 36.4 Å². The molecule has 0 unspecified atom stereocenters. The van der Waals surface area contributed by atoms with E-state index in [1.807, 2.05) is 6.07 Å². The lowest BCUT2D eigenvalue weighted by Gasteiger charge is -2.17. The summed E-state index contributed by atoms with van der Waals surface area (Å²) in [6, 6.07) is 14.3. The topological polar surface area (TPSA) is 205 Å². The Labute approximate surface area is 244 Å². The van der Waals surface area contributed by atoms with Crippen molar-refractivity contribution in [3.63, 3.8) is 0 Å². The van der Waals surface area contributed by atoms with Crippen LogP contribution in [0, 0.1) is 0 Å². The SMILES string of the molecule is C/C(=C\c1ccc(O[C@@H]2O[C@H](C(=O)NOCc3ccccc3)[C@@H](O)[C@@H]2O)c(O)c1)C(=O)Nc1c(O)cc2c(c1O)OCO2. The monoisotopic (exact) mass is 596 g/mol. The van der Waals surface area contributed by atoms with Gasteiger partial charge in [0.2, 0.25) is 18.8 Å². The second-order valence-corrected chi connectivity index (χ2v) is 9.63. The molecule has 0 bridgehead atoms. The third-order valence-corrected chi connectivity index (χ3v) is 6.56. The number of hydrogen-bond donors (Lipinski definition) is 7. The predicted octanol–water partition coefficient (Wildman–Crippen LogP) is 1.65. The first-order valence-corrected chi connectivity index (χ1v) is 12.9. The average molecular weight is 597 g/mol. The number of phenolic OH excluding ortho intramolecular Hbond substituents is 3. The van der Waals surface area contributed by atoms with Crippen molar-refractivity contribution in [3.8, 4) is 34.5 Å². The number of rotatable bonds is 9. The number of anilines is 1. The quantitative estimate of drug-likeness (QED) is 0.107. The molecule has 3 aromatic carbocycles. The number of ether oxygens (including phenoxy) is 4. The first-order valence-electron chi connectivity index (χ1n) is 12.9. The summed E-state index contributed by atoms with van der Waals surface area (Å²) in [6.45, 7) is 1.39. The van der Waals surface area contributed by atoms with Crippen molar-refractivity contribution < 1.29 is 58.9 Å². The first-order chi connectivity index (χ1) is 20.6. The van der Waals surface area contributed by atoms with Gasteiger partial charge in [0.1, 0.15) is 23.6 Å². The fourth-order valence-electron chi connectivity index (χ4n) is 4.29. The highest BCUT2D eigenvalue weighted by Crippen LogP contribution is 2.49. The zero-order valence-electron chi connectivity index (χ0n) is 22.6. The van der Waals surface area contributed by atoms with Gasteiger partial charge in [0.25, 0.3) is 11.8 Å². The van der Waals surface area contributed by atoms with Crippen LogP contribution in [0.5, 0.6) is 34.5 Å². The number of benzene rings is 3. The number of aliphatic hydroxyl groups excluding tert-OH is 2. The molecule has 1 fully saturated rings. The highest BCUT2D eigenvalue weighted by atomic mass is 16.7. The Morgan fingerprint density at radius 2 is 1.77 bits per heavy atom. The van der Waals surface area contributed by atoms with Gasteiger partial charge in [0, 0.05) is 11.6 Å². The molecule has 0 saturated carbocycles. The van der Waals surface area contributed by atoms with Gasteiger partial charge in [0.05, 0.1) is 6.61 Å². The number of amides is 2. The van der Waals surface area contributed by atoms with E-state index in [-0.39, 0.29) is 41.9 Å². The number of fused-ring (bicyclic) bond motifs is 1. The van der Waals surface area contributed by atoms with Gasteiger partial charge in [-0.05, 0) is 36.3 Å². The van der Waals surface area contributed by atoms with E-state index in [9.17, 15) is 35.1 Å². The zero-order valence-corrected chi connectivity index (χ0v) is 22.6. The van der Waals surface area contributed by atoms with Crippen LogP contribution in [0.1, 0.15) is 18.1 Å². The predicted molar refractivity (Wildman–Crippen MR) is 147 cm³/mol. The van der Waals surface area contributed by atoms with Crippen LogP contribution < -0.4 is 25.0 Å². The van der Waals surface area contributed by atoms with Crippen molar-refractivity contribution in [2.75, 3.05) is 12.1 Å². The van der Waals surface area contributed by atoms with E-state index in [4.69, 9.17) is 23.8 Å². The van der Waals surface area contributed by atoms with Gasteiger partial charge in [0.15, 0.2) is 29.1 Å². The summed E-state index contributed by atoms with van der Waals surface area (Å²) in [7, 11) is 0. The summed E-state index contributed by atoms with van der Waals surface area (Å²) < 4.78 is 21.2. The normalized spacial score (nSPS) is 21.0. The van der Waals surface area contributed by atoms with Crippen LogP contribution in [0.15, 0.2) is 60.2 Å². The number of aliphatic hydroxyl groups is 2. The van der Waals surface area contributed by atoms with Crippen molar-refractivity contribution >= 4 is 23.6 Å². The van der Waals surface area contributed by atoms with Crippen molar-refractivity contribution in [2.45, 2.75) is 38.1 Å². The molecule has 7 N–H and O–H groups in total. The minimum Gasteiger partial charge on any atom is -0.505 e. The Morgan fingerprint density at radius 3 is 2.51 bits per heavy atom. The molecule has 14 heteroatoms. The number of hydroxylamine groups is 1. The number of phenols is 3. The summed E-state index contributed by atoms with van der Waals surface area (Å²) in [4.78, 5) is 30.3. The van der Waals surface area contributed by atoms with E-state index in [2.05, 4.69) is 10.8 Å². The molecule has 2 heterocycles. The summed E-state index contributed by atoms with van der Waals surface area (Å²) in [6.07, 6.45) is -4.86. The number of carbonyl (C=O) groups is 2. The maximum absolute atomic E-state index is 12.7. The van der Waals surface area contributed by atoms with Crippen molar-refractivity contribution in [1.29, 1.82) is 0 Å². The highest BCUT2D eigenvalue weighted by Gasteiger charge is 2.48. The molecule has 0 aromatic heterocycles. The molecule has 0 radical (unpaired) electrons. The fraction of sp³-hybridized carbons (Fsp3) is 0.241. The van der Waals surface area contributed by atoms with Crippen LogP contribution in [-0.2, 0) is 25.8 Å². The molecule has 0 aliphatic carbocycles. The highest BCUT2D eigenvalue weighted by molar-refractivity contribution is 6.08. The van der Waals surface area contributed by atoms with Crippen molar-refractivity contribution in [2.24, 2.45) is 0 Å². The number of carbonyl (C=O) groups excluding carboxylic acids is 2. The summed E-state index contributed by atoms with van der Waals surface area (Å²) in [5.41, 5.74) is 3.22. The lowest BCUT2D eigenvalue weighted by atomic mass is 10.1. The zero-order chi connectivity index (χ0) is 30.7. The lowest BCUT2D eigenvalue weighted by molar-refractivity contribution is -0.157. The molecule has 2 aliphatic heterocycles. The average Bonchev–Trinajstić information content (AvgIpc) is 3.57. The number of nitrogens with one attached hydrogen (secondary N) is 2. The Morgan fingerprint density at radius 1 is 1.00 bits per heavy atom. The van der Waals surface area contributed by atoms with Gasteiger partial charge >= 0.3 is 0 Å². The molecule has 2 amide bonds. The smallest absolute Gasteiger partial charge is 0.275 e. The molecular formula is C29H28N2O12. The minimum atomic E-state index is -1.64. The molecule has 5 rings (SSSR count). The molecular weight excluding hydrogens is 568 g/mol. The summed E-state index contributed by atoms with van der Waals surface area (Å²) in [5.74, 6) is -2.83. The molecule has 43 heavy (non-hydrogen) atoms. The summed E-state index contributed by atoms with van der Waals surface area (Å²) in [5, 5.41) is 54.1. The Kier molecular flexibility index (Phi) is 8.54. The fourth-order valence-corrected chi connectivity index (χ4v) is 4.29. The maximum Gasteiger partial charge on any atom is 0.275 e. The third kappa shape index (κ3) is 6.42. The molecule has 14 nitrogen and oxygen atoms in total. The van der Waals surface area contributed by atoms with Crippen molar-refractivity contribution in [1.82, 2.24) is 5.48 Å². The molecule has 2 aliphatic rings. The van der Waals surface area contributed by atoms with Gasteiger partial charge in [-0.15, -0.1) is 0 Å². The van der Waals surface area contributed by atoms with Crippen LogP contribution in [0.2, 0.25) is 0 Å². The van der Waals surface area contributed by atoms with E-state index in [0.717, 1.165) is 5.56 Å². The standard InChI is InChI=1S/C29H28N2O12/c1-14(27(37)30-21-18(33)11-20-25(22(21)34)40-13-39-20)9-16-7-8-19(17(32)10-16)42-29-24(36)23(35)26(43-29)28(38)31-41-12-15-5-3-2-4-6-15/h2-11,23-24,26,29,32-36H,12-13H2,1H3,(H,30,37)(H,31,38)/b14-9+/t23-,24-,26-,29+/m0/s1. The van der Waals surface area contributed by atoms with E-state index >= 15 is 0 Å². The molecule has 3 aromatic rings. The largest absolute Gasteiger partial charge is 0.505 e. The maximum atomic E-state index is 12.7. The van der Waals surface area contributed by atoms with Crippen LogP contribution in [-0.4, -0.2) is 68.7 Å². The summed E-state index contributed by atoms with van der Waals surface area (Å²) >= 11 is 0. The lowest BCUT2D eigenvalue weighted by Crippen LogP contribution is -2.42. The van der Waals surface area contributed by atoms with Crippen molar-refractivity contribution in [3.05, 3.63) is 71.3 Å². The molecule has 0 spiro atoms. The molecule has 4 atom stereocenters. The second kappa shape index (κ2) is 12.5. The van der Waals surface area contributed by atoms with E-state index in [1.165, 1.54) is 37.3 Å². The van der Waals surface area contributed by atoms with Gasteiger partial charge in [-0.3, -0.25) is 14.4 Å². The Balaban J connectivity index is 1.19. The van der Waals surface area contributed by atoms with Crippen LogP contribution in [0.4, 0.5) is 5.69 Å². The first kappa shape index (κ1) is 29.5. The number of hydrogen-bond acceptors (Lipinski definition) is 12. The van der Waals surface area contributed by atoms with E-state index in [1.54, 1.807) is 24.3 Å². The molecule has 226 valence electrons. The van der Waals surface area contributed by atoms with Gasteiger partial charge in [-0.2, -0.15) is 0 Å². The van der Waals surface area contributed by atoms with Crippen LogP contribution in [0.25, 0.3) is 6.08 Å². The van der Waals surface area contributed by atoms with Crippen LogP contribution >= 0.6 is 0 Å². The minimum absolute atomic E-state index is 0.0116. The van der Waals surface area contributed by atoms with Crippen LogP contribution in [0.3, 0.4) is 0 Å². The Bertz CT molecular complexity index is 1540. The van der Waals surface area contributed by atoms with E-state index in [0.29, 0.717) is 5.56 Å². The molecule has 1 saturated heterocycles. The Hall–Kier alpha value is -5.02.